The van der Waals surface area contributed by atoms with Gasteiger partial charge in [0.25, 0.3) is 0 Å². The molecule has 4 heteroatoms. The van der Waals surface area contributed by atoms with E-state index >= 15 is 0 Å². The summed E-state index contributed by atoms with van der Waals surface area (Å²) in [6, 6.07) is 3.85. The highest BCUT2D eigenvalue weighted by atomic mass is 16.5. The maximum absolute atomic E-state index is 11.7. The van der Waals surface area contributed by atoms with E-state index in [1.54, 1.807) is 7.11 Å². The molecule has 0 saturated heterocycles. The van der Waals surface area contributed by atoms with Crippen molar-refractivity contribution in [3.05, 3.63) is 23.3 Å². The van der Waals surface area contributed by atoms with E-state index in [9.17, 15) is 4.79 Å². The highest BCUT2D eigenvalue weighted by molar-refractivity contribution is 5.93. The Kier molecular flexibility index (Phi) is 5.65. The van der Waals surface area contributed by atoms with E-state index in [2.05, 4.69) is 17.6 Å². The van der Waals surface area contributed by atoms with Crippen molar-refractivity contribution >= 4 is 11.6 Å². The van der Waals surface area contributed by atoms with Gasteiger partial charge in [0.15, 0.2) is 0 Å². The quantitative estimate of drug-likeness (QED) is 0.761. The number of carbonyl (C=O) groups excluding carboxylic acids is 1. The summed E-state index contributed by atoms with van der Waals surface area (Å²) < 4.78 is 5.33. The van der Waals surface area contributed by atoms with Gasteiger partial charge in [-0.2, -0.15) is 0 Å². The van der Waals surface area contributed by atoms with Gasteiger partial charge in [0.05, 0.1) is 13.7 Å². The summed E-state index contributed by atoms with van der Waals surface area (Å²) in [4.78, 5) is 11.7. The predicted octanol–water partition coefficient (Wildman–Crippen LogP) is 2.25. The van der Waals surface area contributed by atoms with Crippen LogP contribution in [0.5, 0.6) is 5.75 Å². The number of carbonyl (C=O) groups is 1. The third-order valence-electron chi connectivity index (χ3n) is 2.79. The lowest BCUT2D eigenvalue weighted by Crippen LogP contribution is -2.28. The molecular formula is C14H22N2O2. The number of benzene rings is 1. The Labute approximate surface area is 109 Å². The molecule has 2 N–H and O–H groups in total. The second-order valence-electron chi connectivity index (χ2n) is 4.31. The topological polar surface area (TPSA) is 50.4 Å². The van der Waals surface area contributed by atoms with Crippen LogP contribution in [0.2, 0.25) is 0 Å². The van der Waals surface area contributed by atoms with Gasteiger partial charge in [-0.25, -0.2) is 0 Å². The minimum atomic E-state index is -0.0301. The molecule has 0 aliphatic heterocycles. The summed E-state index contributed by atoms with van der Waals surface area (Å²) in [6.45, 7) is 7.19. The van der Waals surface area contributed by atoms with Crippen molar-refractivity contribution in [1.82, 2.24) is 5.32 Å². The highest BCUT2D eigenvalue weighted by Crippen LogP contribution is 2.28. The van der Waals surface area contributed by atoms with Gasteiger partial charge < -0.3 is 15.4 Å². The predicted molar refractivity (Wildman–Crippen MR) is 74.3 cm³/mol. The Balaban J connectivity index is 2.70. The fourth-order valence-electron chi connectivity index (χ4n) is 1.85. The van der Waals surface area contributed by atoms with E-state index in [0.29, 0.717) is 6.54 Å². The fraction of sp³-hybridized carbons (Fsp3) is 0.500. The van der Waals surface area contributed by atoms with E-state index in [4.69, 9.17) is 4.74 Å². The molecule has 1 aromatic rings. The molecule has 0 aromatic heterocycles. The van der Waals surface area contributed by atoms with Crippen LogP contribution < -0.4 is 15.4 Å². The van der Waals surface area contributed by atoms with E-state index in [-0.39, 0.29) is 5.91 Å². The van der Waals surface area contributed by atoms with Crippen LogP contribution in [0.15, 0.2) is 12.1 Å². The van der Waals surface area contributed by atoms with Crippen molar-refractivity contribution in [3.63, 3.8) is 0 Å². The summed E-state index contributed by atoms with van der Waals surface area (Å²) in [7, 11) is 1.64. The van der Waals surface area contributed by atoms with Crippen LogP contribution in [0.1, 0.15) is 24.5 Å². The Morgan fingerprint density at radius 1 is 1.33 bits per heavy atom. The molecule has 100 valence electrons. The maximum atomic E-state index is 11.7. The highest BCUT2D eigenvalue weighted by Gasteiger charge is 2.09. The Morgan fingerprint density at radius 2 is 2.06 bits per heavy atom. The zero-order valence-corrected chi connectivity index (χ0v) is 11.6. The lowest BCUT2D eigenvalue weighted by molar-refractivity contribution is -0.115. The second-order valence-corrected chi connectivity index (χ2v) is 4.31. The Bertz CT molecular complexity index is 417. The number of ether oxygens (including phenoxy) is 1. The summed E-state index contributed by atoms with van der Waals surface area (Å²) in [5.41, 5.74) is 2.83. The Hall–Kier alpha value is -1.55. The number of hydrogen-bond acceptors (Lipinski definition) is 3. The second kappa shape index (κ2) is 7.01. The molecule has 0 spiro atoms. The third-order valence-corrected chi connectivity index (χ3v) is 2.79. The number of methoxy groups -OCH3 is 1. The van der Waals surface area contributed by atoms with Crippen molar-refractivity contribution in [2.24, 2.45) is 0 Å². The molecule has 0 aliphatic carbocycles. The first-order valence-electron chi connectivity index (χ1n) is 6.24. The average Bonchev–Trinajstić information content (AvgIpc) is 2.34. The summed E-state index contributed by atoms with van der Waals surface area (Å²) >= 11 is 0. The molecule has 0 radical (unpaired) electrons. The summed E-state index contributed by atoms with van der Waals surface area (Å²) in [5.74, 6) is 0.798. The number of anilines is 1. The number of hydrogen-bond donors (Lipinski definition) is 2. The van der Waals surface area contributed by atoms with Crippen molar-refractivity contribution in [3.8, 4) is 5.75 Å². The van der Waals surface area contributed by atoms with Crippen molar-refractivity contribution in [1.29, 1.82) is 0 Å². The van der Waals surface area contributed by atoms with Crippen molar-refractivity contribution < 1.29 is 9.53 Å². The van der Waals surface area contributed by atoms with Crippen LogP contribution in [-0.2, 0) is 4.79 Å². The lowest BCUT2D eigenvalue weighted by Gasteiger charge is -2.14. The van der Waals surface area contributed by atoms with E-state index in [0.717, 1.165) is 35.5 Å². The van der Waals surface area contributed by atoms with Gasteiger partial charge in [-0.3, -0.25) is 4.79 Å². The van der Waals surface area contributed by atoms with Gasteiger partial charge in [0, 0.05) is 11.3 Å². The molecule has 1 rings (SSSR count). The Morgan fingerprint density at radius 3 is 2.67 bits per heavy atom. The minimum Gasteiger partial charge on any atom is -0.496 e. The molecule has 0 saturated carbocycles. The van der Waals surface area contributed by atoms with E-state index in [1.807, 2.05) is 26.0 Å². The molecule has 4 nitrogen and oxygen atoms in total. The molecule has 0 unspecified atom stereocenters. The molecule has 0 fully saturated rings. The van der Waals surface area contributed by atoms with Crippen LogP contribution in [0, 0.1) is 13.8 Å². The maximum Gasteiger partial charge on any atom is 0.238 e. The summed E-state index contributed by atoms with van der Waals surface area (Å²) in [6.07, 6.45) is 1.02. The number of rotatable bonds is 6. The monoisotopic (exact) mass is 250 g/mol. The number of aryl methyl sites for hydroxylation is 1. The number of amides is 1. The van der Waals surface area contributed by atoms with Crippen LogP contribution in [0.25, 0.3) is 0 Å². The van der Waals surface area contributed by atoms with Crippen LogP contribution in [-0.4, -0.2) is 26.1 Å². The molecule has 0 atom stereocenters. The smallest absolute Gasteiger partial charge is 0.238 e. The number of nitrogens with one attached hydrogen (secondary N) is 2. The molecule has 0 aliphatic rings. The van der Waals surface area contributed by atoms with Crippen molar-refractivity contribution in [2.75, 3.05) is 25.5 Å². The van der Waals surface area contributed by atoms with Crippen molar-refractivity contribution in [2.45, 2.75) is 27.2 Å². The average molecular weight is 250 g/mol. The van der Waals surface area contributed by atoms with Crippen LogP contribution in [0.4, 0.5) is 5.69 Å². The largest absolute Gasteiger partial charge is 0.496 e. The lowest BCUT2D eigenvalue weighted by atomic mass is 10.1. The standard InChI is InChI=1S/C14H22N2O2/c1-5-8-15-9-13(17)16-12-7-6-10(2)14(18-4)11(12)3/h6-7,15H,5,8-9H2,1-4H3,(H,16,17). The van der Waals surface area contributed by atoms with E-state index < -0.39 is 0 Å². The van der Waals surface area contributed by atoms with Gasteiger partial charge in [-0.05, 0) is 38.4 Å². The molecule has 18 heavy (non-hydrogen) atoms. The zero-order valence-electron chi connectivity index (χ0n) is 11.6. The van der Waals surface area contributed by atoms with Gasteiger partial charge >= 0.3 is 0 Å². The van der Waals surface area contributed by atoms with E-state index in [1.165, 1.54) is 0 Å². The third kappa shape index (κ3) is 3.74. The SMILES string of the molecule is CCCNCC(=O)Nc1ccc(C)c(OC)c1C. The molecule has 1 amide bonds. The van der Waals surface area contributed by atoms with Gasteiger partial charge in [-0.1, -0.05) is 13.0 Å². The molecule has 1 aromatic carbocycles. The molecule has 0 heterocycles. The van der Waals surface area contributed by atoms with Gasteiger partial charge in [0.2, 0.25) is 5.91 Å². The first-order chi connectivity index (χ1) is 8.60. The minimum absolute atomic E-state index is 0.0301. The fourth-order valence-corrected chi connectivity index (χ4v) is 1.85. The molecule has 0 bridgehead atoms. The summed E-state index contributed by atoms with van der Waals surface area (Å²) in [5, 5.41) is 5.96. The zero-order chi connectivity index (χ0) is 13.5. The normalized spacial score (nSPS) is 10.2. The first kappa shape index (κ1) is 14.5. The van der Waals surface area contributed by atoms with Gasteiger partial charge in [0.1, 0.15) is 5.75 Å². The first-order valence-corrected chi connectivity index (χ1v) is 6.24. The van der Waals surface area contributed by atoms with Crippen LogP contribution >= 0.6 is 0 Å². The molecular weight excluding hydrogens is 228 g/mol. The van der Waals surface area contributed by atoms with Crippen LogP contribution in [0.3, 0.4) is 0 Å². The van der Waals surface area contributed by atoms with Gasteiger partial charge in [-0.15, -0.1) is 0 Å².